The summed E-state index contributed by atoms with van der Waals surface area (Å²) in [4.78, 5) is 54.1. The van der Waals surface area contributed by atoms with E-state index in [1.807, 2.05) is 19.9 Å². The van der Waals surface area contributed by atoms with Crippen LogP contribution >= 0.6 is 0 Å². The summed E-state index contributed by atoms with van der Waals surface area (Å²) < 4.78 is 9.03. The fourth-order valence-electron chi connectivity index (χ4n) is 4.96. The molecule has 10 heteroatoms. The molecule has 10 nitrogen and oxygen atoms in total. The molecule has 2 heterocycles. The molecule has 0 spiro atoms. The predicted molar refractivity (Wildman–Crippen MR) is 139 cm³/mol. The smallest absolute Gasteiger partial charge is 0.331 e. The van der Waals surface area contributed by atoms with Gasteiger partial charge in [0.15, 0.2) is 5.60 Å². The van der Waals surface area contributed by atoms with Crippen LogP contribution in [0.15, 0.2) is 58.1 Å². The summed E-state index contributed by atoms with van der Waals surface area (Å²) in [5, 5.41) is 3.19. The number of anilines is 1. The van der Waals surface area contributed by atoms with Gasteiger partial charge >= 0.3 is 11.7 Å². The number of nitrogens with one attached hydrogen (secondary N) is 1. The zero-order valence-corrected chi connectivity index (χ0v) is 21.0. The fraction of sp³-hybridized carbons (Fsp3) is 0.407. The lowest BCUT2D eigenvalue weighted by molar-refractivity contribution is -0.153. The number of ether oxygens (including phenoxy) is 1. The van der Waals surface area contributed by atoms with E-state index in [9.17, 15) is 19.2 Å². The molecule has 1 aliphatic carbocycles. The Labute approximate surface area is 213 Å². The van der Waals surface area contributed by atoms with E-state index in [1.54, 1.807) is 47.0 Å². The van der Waals surface area contributed by atoms with Crippen LogP contribution in [0, 0.1) is 5.92 Å². The number of rotatable bonds is 6. The van der Waals surface area contributed by atoms with E-state index in [2.05, 4.69) is 5.32 Å². The van der Waals surface area contributed by atoms with Gasteiger partial charge in [-0.2, -0.15) is 0 Å². The Hall–Kier alpha value is -3.92. The van der Waals surface area contributed by atoms with Crippen LogP contribution < -0.4 is 22.3 Å². The summed E-state index contributed by atoms with van der Waals surface area (Å²) in [6, 6.07) is 13.1. The molecule has 1 saturated carbocycles. The van der Waals surface area contributed by atoms with Crippen LogP contribution in [0.1, 0.15) is 38.3 Å². The molecule has 37 heavy (non-hydrogen) atoms. The largest absolute Gasteiger partial charge is 0.357 e. The normalized spacial score (nSPS) is 19.8. The van der Waals surface area contributed by atoms with Crippen LogP contribution in [0.2, 0.25) is 0 Å². The number of morpholine rings is 1. The summed E-state index contributed by atoms with van der Waals surface area (Å²) in [6.45, 7) is 4.36. The van der Waals surface area contributed by atoms with Crippen LogP contribution in [0.5, 0.6) is 0 Å². The highest BCUT2D eigenvalue weighted by molar-refractivity contribution is 5.99. The number of primary amides is 1. The van der Waals surface area contributed by atoms with Crippen molar-refractivity contribution in [3.63, 3.8) is 0 Å². The number of urea groups is 1. The van der Waals surface area contributed by atoms with Crippen molar-refractivity contribution in [3.05, 3.63) is 74.9 Å². The third-order valence-electron chi connectivity index (χ3n) is 7.12. The Bertz CT molecular complexity index is 1470. The van der Waals surface area contributed by atoms with Crippen molar-refractivity contribution in [3.8, 4) is 0 Å². The maximum Gasteiger partial charge on any atom is 0.331 e. The molecule has 5 rings (SSSR count). The SMILES string of the molecule is CC(C)n1c(=O)n(CC2CC2)c(=O)c2cc(C3(C(=O)Nc4ccccc4)CN(C(N)=O)CCO3)ccc21. The summed E-state index contributed by atoms with van der Waals surface area (Å²) in [5.74, 6) is -0.167. The quantitative estimate of drug-likeness (QED) is 0.532. The first kappa shape index (κ1) is 24.8. The monoisotopic (exact) mass is 505 g/mol. The molecular formula is C27H31N5O5. The number of aromatic nitrogens is 2. The second-order valence-electron chi connectivity index (χ2n) is 10.1. The van der Waals surface area contributed by atoms with Crippen LogP contribution in [-0.2, 0) is 21.7 Å². The summed E-state index contributed by atoms with van der Waals surface area (Å²) in [5.41, 5.74) is 4.70. The number of carbonyl (C=O) groups excluding carboxylic acids is 2. The van der Waals surface area contributed by atoms with E-state index in [1.165, 1.54) is 9.47 Å². The van der Waals surface area contributed by atoms with E-state index in [-0.39, 0.29) is 31.4 Å². The molecule has 2 aliphatic rings. The number of amides is 3. The minimum atomic E-state index is -1.61. The Morgan fingerprint density at radius 3 is 2.51 bits per heavy atom. The van der Waals surface area contributed by atoms with Gasteiger partial charge in [0.05, 0.1) is 24.1 Å². The molecule has 3 amide bonds. The van der Waals surface area contributed by atoms with Gasteiger partial charge in [-0.1, -0.05) is 24.3 Å². The number of hydrogen-bond acceptors (Lipinski definition) is 5. The third kappa shape index (κ3) is 4.53. The standard InChI is InChI=1S/C27H31N5O5/c1-17(2)32-22-11-10-19(14-21(22)23(33)31(26(32)36)15-18-8-9-18)27(16-30(25(28)35)12-13-37-27)24(34)29-20-6-4-3-5-7-20/h3-7,10-11,14,17-18H,8-9,12-13,15-16H2,1-2H3,(H2,28,35)(H,29,34). The van der Waals surface area contributed by atoms with Crippen molar-refractivity contribution in [1.29, 1.82) is 0 Å². The molecular weight excluding hydrogens is 474 g/mol. The maximum atomic E-state index is 13.8. The molecule has 2 fully saturated rings. The van der Waals surface area contributed by atoms with E-state index >= 15 is 0 Å². The minimum Gasteiger partial charge on any atom is -0.357 e. The number of fused-ring (bicyclic) bond motifs is 1. The third-order valence-corrected chi connectivity index (χ3v) is 7.12. The van der Waals surface area contributed by atoms with Gasteiger partial charge in [-0.25, -0.2) is 9.59 Å². The molecule has 1 aromatic heterocycles. The van der Waals surface area contributed by atoms with Crippen LogP contribution in [0.25, 0.3) is 10.9 Å². The van der Waals surface area contributed by atoms with Crippen molar-refractivity contribution >= 4 is 28.5 Å². The Kier molecular flexibility index (Phi) is 6.36. The second kappa shape index (κ2) is 9.51. The lowest BCUT2D eigenvalue weighted by atomic mass is 9.89. The van der Waals surface area contributed by atoms with E-state index in [0.717, 1.165) is 12.8 Å². The zero-order chi connectivity index (χ0) is 26.3. The lowest BCUT2D eigenvalue weighted by Gasteiger charge is -2.41. The average molecular weight is 506 g/mol. The van der Waals surface area contributed by atoms with Gasteiger partial charge in [-0.05, 0) is 62.4 Å². The van der Waals surface area contributed by atoms with Gasteiger partial charge in [0.1, 0.15) is 0 Å². The van der Waals surface area contributed by atoms with Gasteiger partial charge in [0.25, 0.3) is 11.5 Å². The second-order valence-corrected chi connectivity index (χ2v) is 10.1. The Morgan fingerprint density at radius 2 is 1.86 bits per heavy atom. The van der Waals surface area contributed by atoms with E-state index in [0.29, 0.717) is 34.6 Å². The average Bonchev–Trinajstić information content (AvgIpc) is 3.71. The highest BCUT2D eigenvalue weighted by Gasteiger charge is 2.47. The van der Waals surface area contributed by atoms with Gasteiger partial charge in [-0.3, -0.25) is 18.7 Å². The summed E-state index contributed by atoms with van der Waals surface area (Å²) in [6.07, 6.45) is 1.98. The maximum absolute atomic E-state index is 13.8. The molecule has 3 N–H and O–H groups in total. The van der Waals surface area contributed by atoms with Crippen molar-refractivity contribution in [1.82, 2.24) is 14.0 Å². The molecule has 1 atom stereocenters. The first-order chi connectivity index (χ1) is 17.7. The fourth-order valence-corrected chi connectivity index (χ4v) is 4.96. The first-order valence-corrected chi connectivity index (χ1v) is 12.6. The van der Waals surface area contributed by atoms with Gasteiger partial charge in [0.2, 0.25) is 0 Å². The van der Waals surface area contributed by atoms with Gasteiger partial charge in [0, 0.05) is 24.8 Å². The molecule has 0 bridgehead atoms. The molecule has 2 aromatic carbocycles. The lowest BCUT2D eigenvalue weighted by Crippen LogP contribution is -2.58. The highest BCUT2D eigenvalue weighted by atomic mass is 16.5. The molecule has 194 valence electrons. The summed E-state index contributed by atoms with van der Waals surface area (Å²) in [7, 11) is 0. The van der Waals surface area contributed by atoms with Crippen molar-refractivity contribution in [2.75, 3.05) is 25.0 Å². The summed E-state index contributed by atoms with van der Waals surface area (Å²) >= 11 is 0. The van der Waals surface area contributed by atoms with Crippen LogP contribution in [0.4, 0.5) is 10.5 Å². The first-order valence-electron chi connectivity index (χ1n) is 12.6. The number of nitrogens with zero attached hydrogens (tertiary/aromatic N) is 3. The van der Waals surface area contributed by atoms with Gasteiger partial charge in [-0.15, -0.1) is 0 Å². The van der Waals surface area contributed by atoms with Gasteiger partial charge < -0.3 is 20.7 Å². The zero-order valence-electron chi connectivity index (χ0n) is 21.0. The molecule has 1 saturated heterocycles. The Morgan fingerprint density at radius 1 is 1.14 bits per heavy atom. The van der Waals surface area contributed by atoms with Crippen molar-refractivity contribution < 1.29 is 14.3 Å². The van der Waals surface area contributed by atoms with Crippen molar-refractivity contribution in [2.45, 2.75) is 44.9 Å². The topological polar surface area (TPSA) is 129 Å². The number of para-hydroxylation sites is 1. The van der Waals surface area contributed by atoms with E-state index in [4.69, 9.17) is 10.5 Å². The Balaban J connectivity index is 1.68. The number of carbonyl (C=O) groups is 2. The molecule has 1 aliphatic heterocycles. The predicted octanol–water partition coefficient (Wildman–Crippen LogP) is 2.40. The highest BCUT2D eigenvalue weighted by Crippen LogP contribution is 2.34. The molecule has 0 radical (unpaired) electrons. The number of nitrogens with two attached hydrogens (primary N) is 1. The van der Waals surface area contributed by atoms with E-state index < -0.39 is 23.1 Å². The molecule has 1 unspecified atom stereocenters. The van der Waals surface area contributed by atoms with Crippen LogP contribution in [-0.4, -0.2) is 45.7 Å². The number of hydrogen-bond donors (Lipinski definition) is 2. The van der Waals surface area contributed by atoms with Crippen molar-refractivity contribution in [2.24, 2.45) is 11.7 Å². The minimum absolute atomic E-state index is 0.0839. The number of benzene rings is 2. The molecule has 3 aromatic rings. The van der Waals surface area contributed by atoms with Crippen LogP contribution in [0.3, 0.4) is 0 Å².